The lowest BCUT2D eigenvalue weighted by atomic mass is 10.2. The van der Waals surface area contributed by atoms with Crippen LogP contribution in [0.2, 0.25) is 0 Å². The Morgan fingerprint density at radius 1 is 1.62 bits per heavy atom. The van der Waals surface area contributed by atoms with Gasteiger partial charge in [-0.05, 0) is 25.0 Å². The monoisotopic (exact) mass is 181 g/mol. The number of aromatic nitrogens is 2. The highest BCUT2D eigenvalue weighted by atomic mass is 16.3. The lowest BCUT2D eigenvalue weighted by Crippen LogP contribution is -2.23. The number of aryl methyl sites for hydroxylation is 1. The summed E-state index contributed by atoms with van der Waals surface area (Å²) in [7, 11) is 0. The minimum atomic E-state index is 0.0658. The van der Waals surface area contributed by atoms with Crippen molar-refractivity contribution in [3.63, 3.8) is 0 Å². The minimum absolute atomic E-state index is 0.0658. The molecule has 0 radical (unpaired) electrons. The molecule has 1 atom stereocenters. The van der Waals surface area contributed by atoms with Gasteiger partial charge >= 0.3 is 0 Å². The summed E-state index contributed by atoms with van der Waals surface area (Å²) in [5.41, 5.74) is 1.06. The molecule has 72 valence electrons. The van der Waals surface area contributed by atoms with Crippen molar-refractivity contribution in [1.29, 1.82) is 0 Å². The highest BCUT2D eigenvalue weighted by molar-refractivity contribution is 5.36. The van der Waals surface area contributed by atoms with Crippen molar-refractivity contribution < 1.29 is 5.11 Å². The van der Waals surface area contributed by atoms with Crippen LogP contribution in [-0.2, 0) is 0 Å². The maximum Gasteiger partial charge on any atom is 0.149 e. The average Bonchev–Trinajstić information content (AvgIpc) is 2.14. The van der Waals surface area contributed by atoms with Gasteiger partial charge in [-0.25, -0.2) is 0 Å². The Balaban J connectivity index is 2.62. The summed E-state index contributed by atoms with van der Waals surface area (Å²) in [4.78, 5) is 0. The molecule has 1 unspecified atom stereocenters. The van der Waals surface area contributed by atoms with Crippen LogP contribution in [0.4, 0.5) is 5.82 Å². The molecule has 0 aliphatic heterocycles. The fraction of sp³-hybridized carbons (Fsp3) is 0.556. The lowest BCUT2D eigenvalue weighted by molar-refractivity contribution is 0.271. The number of anilines is 1. The van der Waals surface area contributed by atoms with E-state index < -0.39 is 0 Å². The molecular formula is C9H15N3O. The van der Waals surface area contributed by atoms with Crippen molar-refractivity contribution in [2.24, 2.45) is 0 Å². The maximum atomic E-state index is 8.95. The normalized spacial score (nSPS) is 12.5. The summed E-state index contributed by atoms with van der Waals surface area (Å²) in [5, 5.41) is 19.8. The van der Waals surface area contributed by atoms with Crippen LogP contribution in [0.25, 0.3) is 0 Å². The molecular weight excluding hydrogens is 166 g/mol. The molecule has 0 saturated heterocycles. The average molecular weight is 181 g/mol. The van der Waals surface area contributed by atoms with Crippen molar-refractivity contribution in [2.45, 2.75) is 26.3 Å². The van der Waals surface area contributed by atoms with E-state index in [2.05, 4.69) is 15.5 Å². The van der Waals surface area contributed by atoms with Crippen LogP contribution >= 0.6 is 0 Å². The number of hydrogen-bond donors (Lipinski definition) is 2. The largest absolute Gasteiger partial charge is 0.394 e. The van der Waals surface area contributed by atoms with E-state index in [9.17, 15) is 0 Å². The molecule has 0 spiro atoms. The zero-order valence-electron chi connectivity index (χ0n) is 7.99. The number of aliphatic hydroxyl groups excluding tert-OH is 1. The first kappa shape index (κ1) is 9.92. The van der Waals surface area contributed by atoms with E-state index in [-0.39, 0.29) is 12.6 Å². The molecule has 2 N–H and O–H groups in total. The van der Waals surface area contributed by atoms with E-state index >= 15 is 0 Å². The van der Waals surface area contributed by atoms with Gasteiger partial charge in [-0.3, -0.25) is 0 Å². The standard InChI is InChI=1S/C9H15N3O/c1-3-8(6-13)11-9-4-7(2)5-10-12-9/h4-5,8,13H,3,6H2,1-2H3,(H,11,12). The number of hydrogen-bond acceptors (Lipinski definition) is 4. The van der Waals surface area contributed by atoms with Crippen molar-refractivity contribution in [1.82, 2.24) is 10.2 Å². The van der Waals surface area contributed by atoms with Gasteiger partial charge in [0.05, 0.1) is 18.8 Å². The summed E-state index contributed by atoms with van der Waals surface area (Å²) in [6.45, 7) is 4.09. The van der Waals surface area contributed by atoms with E-state index in [0.717, 1.165) is 17.8 Å². The van der Waals surface area contributed by atoms with E-state index in [1.807, 2.05) is 19.9 Å². The molecule has 0 bridgehead atoms. The van der Waals surface area contributed by atoms with Crippen LogP contribution in [0.3, 0.4) is 0 Å². The Hall–Kier alpha value is -1.16. The van der Waals surface area contributed by atoms with Crippen molar-refractivity contribution in [3.05, 3.63) is 17.8 Å². The molecule has 1 rings (SSSR count). The quantitative estimate of drug-likeness (QED) is 0.726. The van der Waals surface area contributed by atoms with E-state index in [0.29, 0.717) is 0 Å². The van der Waals surface area contributed by atoms with Gasteiger partial charge in [0, 0.05) is 0 Å². The Labute approximate surface area is 78.0 Å². The second kappa shape index (κ2) is 4.77. The molecule has 0 aliphatic rings. The maximum absolute atomic E-state index is 8.95. The number of rotatable bonds is 4. The Morgan fingerprint density at radius 2 is 2.38 bits per heavy atom. The first-order chi connectivity index (χ1) is 6.26. The fourth-order valence-electron chi connectivity index (χ4n) is 1.02. The van der Waals surface area contributed by atoms with Crippen LogP contribution < -0.4 is 5.32 Å². The number of nitrogens with one attached hydrogen (secondary N) is 1. The van der Waals surface area contributed by atoms with Gasteiger partial charge in [0.1, 0.15) is 5.82 Å². The summed E-state index contributed by atoms with van der Waals surface area (Å²) < 4.78 is 0. The molecule has 0 amide bonds. The Kier molecular flexibility index (Phi) is 3.64. The van der Waals surface area contributed by atoms with Crippen LogP contribution in [0, 0.1) is 6.92 Å². The smallest absolute Gasteiger partial charge is 0.149 e. The molecule has 0 fully saturated rings. The molecule has 4 nitrogen and oxygen atoms in total. The van der Waals surface area contributed by atoms with Gasteiger partial charge in [-0.2, -0.15) is 5.10 Å². The predicted octanol–water partition coefficient (Wildman–Crippen LogP) is 0.968. The predicted molar refractivity (Wildman–Crippen MR) is 51.6 cm³/mol. The van der Waals surface area contributed by atoms with Crippen LogP contribution in [0.15, 0.2) is 12.3 Å². The van der Waals surface area contributed by atoms with E-state index in [4.69, 9.17) is 5.11 Å². The number of aliphatic hydroxyl groups is 1. The van der Waals surface area contributed by atoms with Crippen LogP contribution in [0.5, 0.6) is 0 Å². The Bertz CT molecular complexity index is 261. The summed E-state index contributed by atoms with van der Waals surface area (Å²) in [6.07, 6.45) is 2.57. The third kappa shape index (κ3) is 2.99. The SMILES string of the molecule is CCC(CO)Nc1cc(C)cnn1. The zero-order chi connectivity index (χ0) is 9.68. The second-order valence-corrected chi connectivity index (χ2v) is 3.05. The van der Waals surface area contributed by atoms with Gasteiger partial charge in [-0.15, -0.1) is 5.10 Å². The molecule has 4 heteroatoms. The first-order valence-corrected chi connectivity index (χ1v) is 4.43. The second-order valence-electron chi connectivity index (χ2n) is 3.05. The highest BCUT2D eigenvalue weighted by Crippen LogP contribution is 2.06. The summed E-state index contributed by atoms with van der Waals surface area (Å²) in [5.74, 6) is 0.723. The minimum Gasteiger partial charge on any atom is -0.394 e. The molecule has 13 heavy (non-hydrogen) atoms. The van der Waals surface area contributed by atoms with Gasteiger partial charge in [-0.1, -0.05) is 6.92 Å². The van der Waals surface area contributed by atoms with E-state index in [1.165, 1.54) is 0 Å². The van der Waals surface area contributed by atoms with Crippen LogP contribution in [0.1, 0.15) is 18.9 Å². The van der Waals surface area contributed by atoms with Crippen LogP contribution in [-0.4, -0.2) is 28.0 Å². The fourth-order valence-corrected chi connectivity index (χ4v) is 1.02. The Morgan fingerprint density at radius 3 is 2.92 bits per heavy atom. The van der Waals surface area contributed by atoms with Crippen molar-refractivity contribution >= 4 is 5.82 Å². The van der Waals surface area contributed by atoms with Crippen molar-refractivity contribution in [2.75, 3.05) is 11.9 Å². The molecule has 1 aromatic rings. The summed E-state index contributed by atoms with van der Waals surface area (Å²) >= 11 is 0. The molecule has 0 aliphatic carbocycles. The van der Waals surface area contributed by atoms with E-state index in [1.54, 1.807) is 6.20 Å². The zero-order valence-corrected chi connectivity index (χ0v) is 7.99. The molecule has 1 heterocycles. The third-order valence-electron chi connectivity index (χ3n) is 1.86. The van der Waals surface area contributed by atoms with Gasteiger partial charge in [0.25, 0.3) is 0 Å². The van der Waals surface area contributed by atoms with Crippen molar-refractivity contribution in [3.8, 4) is 0 Å². The van der Waals surface area contributed by atoms with Gasteiger partial charge < -0.3 is 10.4 Å². The third-order valence-corrected chi connectivity index (χ3v) is 1.86. The molecule has 0 aromatic carbocycles. The summed E-state index contributed by atoms with van der Waals surface area (Å²) in [6, 6.07) is 1.97. The van der Waals surface area contributed by atoms with Gasteiger partial charge in [0.15, 0.2) is 0 Å². The lowest BCUT2D eigenvalue weighted by Gasteiger charge is -2.13. The van der Waals surface area contributed by atoms with Gasteiger partial charge in [0.2, 0.25) is 0 Å². The highest BCUT2D eigenvalue weighted by Gasteiger charge is 2.04. The first-order valence-electron chi connectivity index (χ1n) is 4.43. The number of nitrogens with zero attached hydrogens (tertiary/aromatic N) is 2. The molecule has 1 aromatic heterocycles. The topological polar surface area (TPSA) is 58.0 Å². The molecule has 0 saturated carbocycles.